The second kappa shape index (κ2) is 9.67. The molecule has 2 nitrogen and oxygen atoms in total. The minimum Gasteiger partial charge on any atom is -0.370 e. The zero-order chi connectivity index (χ0) is 28.1. The highest BCUT2D eigenvalue weighted by molar-refractivity contribution is 5.92. The minimum atomic E-state index is -0.150. The van der Waals surface area contributed by atoms with Crippen LogP contribution in [0.4, 0.5) is 22.7 Å². The third-order valence-corrected chi connectivity index (χ3v) is 8.77. The maximum atomic E-state index is 4.60. The molecule has 0 bridgehead atoms. The maximum absolute atomic E-state index is 4.60. The summed E-state index contributed by atoms with van der Waals surface area (Å²) in [4.78, 5) is 4.71. The predicted molar refractivity (Wildman–Crippen MR) is 176 cm³/mol. The van der Waals surface area contributed by atoms with Crippen molar-refractivity contribution in [3.05, 3.63) is 156 Å². The van der Waals surface area contributed by atoms with E-state index >= 15 is 0 Å². The lowest BCUT2D eigenvalue weighted by Crippen LogP contribution is -2.30. The number of benzene rings is 5. The van der Waals surface area contributed by atoms with E-state index in [1.54, 1.807) is 0 Å². The first-order valence-corrected chi connectivity index (χ1v) is 14.3. The van der Waals surface area contributed by atoms with E-state index in [0.717, 1.165) is 12.1 Å². The molecule has 0 saturated carbocycles. The van der Waals surface area contributed by atoms with Gasteiger partial charge in [0.15, 0.2) is 0 Å². The third-order valence-electron chi connectivity index (χ3n) is 8.77. The number of para-hydroxylation sites is 2. The summed E-state index contributed by atoms with van der Waals surface area (Å²) in [6, 6.07) is 41.9. The van der Waals surface area contributed by atoms with Crippen LogP contribution in [0.5, 0.6) is 0 Å². The van der Waals surface area contributed by atoms with Crippen molar-refractivity contribution in [2.24, 2.45) is 0 Å². The second-order valence-electron chi connectivity index (χ2n) is 11.6. The molecule has 0 atom stereocenters. The molecule has 0 amide bonds. The fourth-order valence-corrected chi connectivity index (χ4v) is 6.53. The Kier molecular flexibility index (Phi) is 5.94. The SMILES string of the molecule is C=C1c2ccccc2/C=C\CN(C)c2ccc(-c3ccc4c(c3)C(C)(C)c3ccccc3N4c3ccccc3)cc21. The third kappa shape index (κ3) is 4.10. The Morgan fingerprint density at radius 1 is 0.634 bits per heavy atom. The van der Waals surface area contributed by atoms with Gasteiger partial charge in [-0.25, -0.2) is 0 Å². The maximum Gasteiger partial charge on any atom is 0.0503 e. The van der Waals surface area contributed by atoms with Crippen molar-refractivity contribution in [2.45, 2.75) is 19.3 Å². The van der Waals surface area contributed by atoms with Crippen molar-refractivity contribution in [3.8, 4) is 11.1 Å². The Morgan fingerprint density at radius 3 is 2.12 bits per heavy atom. The lowest BCUT2D eigenvalue weighted by Gasteiger charge is -2.42. The Morgan fingerprint density at radius 2 is 1.29 bits per heavy atom. The summed E-state index contributed by atoms with van der Waals surface area (Å²) in [5.41, 5.74) is 14.4. The summed E-state index contributed by atoms with van der Waals surface area (Å²) in [5.74, 6) is 0. The molecular weight excluding hydrogens is 496 g/mol. The summed E-state index contributed by atoms with van der Waals surface area (Å²) in [6.45, 7) is 10.1. The quantitative estimate of drug-likeness (QED) is 0.224. The molecule has 0 aromatic heterocycles. The zero-order valence-corrected chi connectivity index (χ0v) is 23.9. The molecule has 200 valence electrons. The van der Waals surface area contributed by atoms with Crippen LogP contribution < -0.4 is 9.80 Å². The van der Waals surface area contributed by atoms with Crippen LogP contribution in [-0.2, 0) is 5.41 Å². The summed E-state index contributed by atoms with van der Waals surface area (Å²) in [7, 11) is 2.16. The average molecular weight is 531 g/mol. The highest BCUT2D eigenvalue weighted by Crippen LogP contribution is 2.52. The number of hydrogen-bond donors (Lipinski definition) is 0. The van der Waals surface area contributed by atoms with E-state index in [1.165, 1.54) is 61.7 Å². The standard InChI is InChI=1S/C39H34N2/c1-27-32-17-9-8-13-28(32)14-12-24-40(4)36-22-20-29(25-33(27)36)30-21-23-38-35(26-30)39(2,3)34-18-10-11-19-37(34)41(38)31-15-6-5-7-16-31/h5-23,25-26H,1,24H2,2-4H3/b14-12-. The van der Waals surface area contributed by atoms with E-state index in [1.807, 2.05) is 0 Å². The van der Waals surface area contributed by atoms with Crippen LogP contribution in [0.15, 0.2) is 128 Å². The molecule has 0 unspecified atom stereocenters. The van der Waals surface area contributed by atoms with E-state index in [2.05, 4.69) is 165 Å². The smallest absolute Gasteiger partial charge is 0.0503 e. The Hall–Kier alpha value is -4.82. The molecule has 5 aromatic rings. The number of rotatable bonds is 2. The molecule has 0 N–H and O–H groups in total. The Labute approximate surface area is 243 Å². The lowest BCUT2D eigenvalue weighted by atomic mass is 9.73. The molecule has 2 aliphatic rings. The summed E-state index contributed by atoms with van der Waals surface area (Å²) in [5, 5.41) is 0. The first-order chi connectivity index (χ1) is 19.9. The number of anilines is 4. The van der Waals surface area contributed by atoms with Crippen molar-refractivity contribution in [2.75, 3.05) is 23.4 Å². The van der Waals surface area contributed by atoms with E-state index in [4.69, 9.17) is 0 Å². The molecule has 2 heteroatoms. The predicted octanol–water partition coefficient (Wildman–Crippen LogP) is 9.99. The normalized spacial score (nSPS) is 15.9. The number of hydrogen-bond acceptors (Lipinski definition) is 2. The summed E-state index contributed by atoms with van der Waals surface area (Å²) in [6.07, 6.45) is 4.45. The van der Waals surface area contributed by atoms with Crippen molar-refractivity contribution >= 4 is 34.4 Å². The monoisotopic (exact) mass is 530 g/mol. The van der Waals surface area contributed by atoms with E-state index in [0.29, 0.717) is 0 Å². The molecule has 0 spiro atoms. The summed E-state index contributed by atoms with van der Waals surface area (Å²) < 4.78 is 0. The first-order valence-electron chi connectivity index (χ1n) is 14.3. The summed E-state index contributed by atoms with van der Waals surface area (Å²) >= 11 is 0. The van der Waals surface area contributed by atoms with Gasteiger partial charge in [-0.05, 0) is 81.4 Å². The van der Waals surface area contributed by atoms with Gasteiger partial charge in [0, 0.05) is 35.9 Å². The van der Waals surface area contributed by atoms with Gasteiger partial charge in [0.25, 0.3) is 0 Å². The van der Waals surface area contributed by atoms with Crippen LogP contribution in [0.2, 0.25) is 0 Å². The van der Waals surface area contributed by atoms with Crippen molar-refractivity contribution in [1.82, 2.24) is 0 Å². The molecule has 5 aromatic carbocycles. The number of nitrogens with zero attached hydrogens (tertiary/aromatic N) is 2. The van der Waals surface area contributed by atoms with Crippen LogP contribution in [0.3, 0.4) is 0 Å². The topological polar surface area (TPSA) is 6.48 Å². The molecule has 41 heavy (non-hydrogen) atoms. The second-order valence-corrected chi connectivity index (χ2v) is 11.6. The van der Waals surface area contributed by atoms with Crippen LogP contribution in [0.1, 0.15) is 41.7 Å². The van der Waals surface area contributed by atoms with Gasteiger partial charge in [-0.1, -0.05) is 105 Å². The number of fused-ring (bicyclic) bond motifs is 4. The fraction of sp³-hybridized carbons (Fsp3) is 0.128. The van der Waals surface area contributed by atoms with Gasteiger partial charge >= 0.3 is 0 Å². The Balaban J connectivity index is 1.39. The Bertz CT molecular complexity index is 1830. The van der Waals surface area contributed by atoms with Crippen molar-refractivity contribution in [3.63, 3.8) is 0 Å². The molecule has 0 saturated heterocycles. The first kappa shape index (κ1) is 25.2. The average Bonchev–Trinajstić information content (AvgIpc) is 3.05. The van der Waals surface area contributed by atoms with Gasteiger partial charge in [0.2, 0.25) is 0 Å². The van der Waals surface area contributed by atoms with Crippen molar-refractivity contribution < 1.29 is 0 Å². The lowest BCUT2D eigenvalue weighted by molar-refractivity contribution is 0.632. The van der Waals surface area contributed by atoms with Crippen LogP contribution in [0, 0.1) is 0 Å². The van der Waals surface area contributed by atoms with Crippen LogP contribution in [0.25, 0.3) is 22.8 Å². The van der Waals surface area contributed by atoms with E-state index in [-0.39, 0.29) is 5.41 Å². The molecule has 0 radical (unpaired) electrons. The molecular formula is C39H34N2. The molecule has 0 fully saturated rings. The van der Waals surface area contributed by atoms with Gasteiger partial charge in [0.05, 0.1) is 11.4 Å². The molecule has 0 aliphatic carbocycles. The van der Waals surface area contributed by atoms with Crippen molar-refractivity contribution in [1.29, 1.82) is 0 Å². The minimum absolute atomic E-state index is 0.150. The highest BCUT2D eigenvalue weighted by Gasteiger charge is 2.37. The van der Waals surface area contributed by atoms with Crippen LogP contribution >= 0.6 is 0 Å². The molecule has 7 rings (SSSR count). The van der Waals surface area contributed by atoms with E-state index < -0.39 is 0 Å². The van der Waals surface area contributed by atoms with Gasteiger partial charge in [-0.3, -0.25) is 0 Å². The zero-order valence-electron chi connectivity index (χ0n) is 23.9. The molecule has 2 aliphatic heterocycles. The fourth-order valence-electron chi connectivity index (χ4n) is 6.53. The highest BCUT2D eigenvalue weighted by atomic mass is 15.2. The van der Waals surface area contributed by atoms with Crippen LogP contribution in [-0.4, -0.2) is 13.6 Å². The largest absolute Gasteiger partial charge is 0.370 e. The number of likely N-dealkylation sites (N-methyl/N-ethyl adjacent to an activating group) is 1. The van der Waals surface area contributed by atoms with Gasteiger partial charge in [-0.2, -0.15) is 0 Å². The van der Waals surface area contributed by atoms with Gasteiger partial charge in [-0.15, -0.1) is 0 Å². The molecule has 2 heterocycles. The van der Waals surface area contributed by atoms with Gasteiger partial charge < -0.3 is 9.80 Å². The van der Waals surface area contributed by atoms with Gasteiger partial charge in [0.1, 0.15) is 0 Å². The van der Waals surface area contributed by atoms with E-state index in [9.17, 15) is 0 Å².